The maximum absolute atomic E-state index is 13.9. The van der Waals surface area contributed by atoms with Gasteiger partial charge in [-0.2, -0.15) is 5.10 Å². The van der Waals surface area contributed by atoms with Crippen LogP contribution in [0, 0.1) is 30.1 Å². The number of carbonyl (C=O) groups excluding carboxylic acids is 2. The van der Waals surface area contributed by atoms with Gasteiger partial charge >= 0.3 is 0 Å². The molecule has 2 aromatic carbocycles. The molecule has 4 bridgehead atoms. The molecule has 0 unspecified atom stereocenters. The number of hydrogen-bond donors (Lipinski definition) is 0. The number of nitrogens with zero attached hydrogens (tertiary/aromatic N) is 4. The summed E-state index contributed by atoms with van der Waals surface area (Å²) in [6, 6.07) is 12.7. The van der Waals surface area contributed by atoms with Gasteiger partial charge in [-0.05, 0) is 93.5 Å². The molecule has 3 aromatic rings. The fourth-order valence-corrected chi connectivity index (χ4v) is 9.06. The maximum atomic E-state index is 13.9. The number of benzene rings is 2. The SMILES string of the molecule is Cc1c(C(=O)N2CCN(C(=O)C34CC5CC(CC(C5)C3)C4)CC2)nn(-c2ccc(Cl)cc2Cl)c1-c1ccc(Cl)cc1. The first-order valence-corrected chi connectivity index (χ1v) is 15.7. The quantitative estimate of drug-likeness (QED) is 0.311. The van der Waals surface area contributed by atoms with Crippen LogP contribution in [-0.2, 0) is 4.79 Å². The fourth-order valence-electron chi connectivity index (χ4n) is 8.44. The molecule has 1 aliphatic heterocycles. The van der Waals surface area contributed by atoms with E-state index in [2.05, 4.69) is 0 Å². The highest BCUT2D eigenvalue weighted by Gasteiger charge is 2.55. The Morgan fingerprint density at radius 1 is 0.805 bits per heavy atom. The molecule has 2 heterocycles. The van der Waals surface area contributed by atoms with E-state index < -0.39 is 0 Å². The second kappa shape index (κ2) is 10.3. The minimum Gasteiger partial charge on any atom is -0.339 e. The lowest BCUT2D eigenvalue weighted by Crippen LogP contribution is -2.58. The summed E-state index contributed by atoms with van der Waals surface area (Å²) in [7, 11) is 0. The molecule has 6 nitrogen and oxygen atoms in total. The van der Waals surface area contributed by atoms with Gasteiger partial charge in [-0.25, -0.2) is 4.68 Å². The minimum absolute atomic E-state index is 0.136. The number of piperazine rings is 1. The lowest BCUT2D eigenvalue weighted by atomic mass is 9.49. The second-order valence-corrected chi connectivity index (χ2v) is 13.9. The van der Waals surface area contributed by atoms with Crippen LogP contribution in [0.15, 0.2) is 42.5 Å². The van der Waals surface area contributed by atoms with Gasteiger partial charge in [0.1, 0.15) is 0 Å². The Morgan fingerprint density at radius 3 is 1.95 bits per heavy atom. The molecule has 0 N–H and O–H groups in total. The molecule has 41 heavy (non-hydrogen) atoms. The summed E-state index contributed by atoms with van der Waals surface area (Å²) in [6.07, 6.45) is 7.15. The summed E-state index contributed by atoms with van der Waals surface area (Å²) in [5.41, 5.74) is 3.26. The summed E-state index contributed by atoms with van der Waals surface area (Å²) < 4.78 is 1.72. The van der Waals surface area contributed by atoms with Gasteiger partial charge in [0, 0.05) is 47.4 Å². The lowest BCUT2D eigenvalue weighted by Gasteiger charge is -2.57. The van der Waals surface area contributed by atoms with Crippen molar-refractivity contribution in [3.8, 4) is 16.9 Å². The second-order valence-electron chi connectivity index (χ2n) is 12.6. The van der Waals surface area contributed by atoms with Crippen LogP contribution in [0.4, 0.5) is 0 Å². The predicted molar refractivity (Wildman–Crippen MR) is 162 cm³/mol. The fraction of sp³-hybridized carbons (Fsp3) is 0.469. The van der Waals surface area contributed by atoms with Crippen molar-refractivity contribution in [3.05, 3.63) is 68.8 Å². The van der Waals surface area contributed by atoms with Crippen molar-refractivity contribution >= 4 is 46.6 Å². The van der Waals surface area contributed by atoms with Crippen molar-refractivity contribution in [3.63, 3.8) is 0 Å². The molecular weight excluding hydrogens is 579 g/mol. The van der Waals surface area contributed by atoms with Gasteiger partial charge in [0.2, 0.25) is 5.91 Å². The molecule has 0 radical (unpaired) electrons. The molecule has 1 saturated heterocycles. The van der Waals surface area contributed by atoms with Crippen LogP contribution in [-0.4, -0.2) is 57.6 Å². The van der Waals surface area contributed by atoms with E-state index in [-0.39, 0.29) is 11.3 Å². The first-order chi connectivity index (χ1) is 19.7. The van der Waals surface area contributed by atoms with Crippen molar-refractivity contribution in [1.29, 1.82) is 0 Å². The van der Waals surface area contributed by atoms with E-state index in [0.29, 0.717) is 58.5 Å². The number of rotatable bonds is 4. The summed E-state index contributed by atoms with van der Waals surface area (Å²) in [5, 5.41) is 6.39. The molecular formula is C32H33Cl3N4O2. The third kappa shape index (κ3) is 4.76. The predicted octanol–water partition coefficient (Wildman–Crippen LogP) is 7.31. The zero-order chi connectivity index (χ0) is 28.5. The van der Waals surface area contributed by atoms with Gasteiger partial charge in [-0.3, -0.25) is 9.59 Å². The maximum Gasteiger partial charge on any atom is 0.274 e. The smallest absolute Gasteiger partial charge is 0.274 e. The molecule has 5 aliphatic rings. The Bertz CT molecular complexity index is 1490. The standard InChI is InChI=1S/C32H33Cl3N4O2/c1-19-28(36-39(27-7-6-25(34)15-26(27)35)29(19)23-2-4-24(33)5-3-23)30(40)37-8-10-38(11-9-37)31(41)32-16-20-12-21(17-32)14-22(13-20)18-32/h2-7,15,20-22H,8-14,16-18H2,1H3. The lowest BCUT2D eigenvalue weighted by molar-refractivity contribution is -0.159. The van der Waals surface area contributed by atoms with Gasteiger partial charge < -0.3 is 9.80 Å². The summed E-state index contributed by atoms with van der Waals surface area (Å²) in [6.45, 7) is 4.05. The van der Waals surface area contributed by atoms with Crippen LogP contribution in [0.25, 0.3) is 16.9 Å². The van der Waals surface area contributed by atoms with E-state index in [4.69, 9.17) is 39.9 Å². The molecule has 9 heteroatoms. The van der Waals surface area contributed by atoms with Crippen LogP contribution >= 0.6 is 34.8 Å². The Labute approximate surface area is 255 Å². The van der Waals surface area contributed by atoms with E-state index in [1.165, 1.54) is 19.3 Å². The van der Waals surface area contributed by atoms with Gasteiger partial charge in [0.15, 0.2) is 5.69 Å². The third-order valence-electron chi connectivity index (χ3n) is 9.93. The molecule has 8 rings (SSSR count). The number of aromatic nitrogens is 2. The molecule has 214 valence electrons. The highest BCUT2D eigenvalue weighted by Crippen LogP contribution is 2.60. The van der Waals surface area contributed by atoms with Crippen LogP contribution in [0.1, 0.15) is 54.6 Å². The average Bonchev–Trinajstić information content (AvgIpc) is 3.28. The number of amides is 2. The Balaban J connectivity index is 1.14. The molecule has 5 fully saturated rings. The van der Waals surface area contributed by atoms with E-state index in [1.807, 2.05) is 41.0 Å². The van der Waals surface area contributed by atoms with Crippen molar-refractivity contribution in [2.45, 2.75) is 45.4 Å². The first-order valence-electron chi connectivity index (χ1n) is 14.6. The van der Waals surface area contributed by atoms with Crippen molar-refractivity contribution in [2.24, 2.45) is 23.2 Å². The van der Waals surface area contributed by atoms with Crippen LogP contribution < -0.4 is 0 Å². The van der Waals surface area contributed by atoms with Gasteiger partial charge in [0.05, 0.1) is 21.8 Å². The highest BCUT2D eigenvalue weighted by atomic mass is 35.5. The Hall–Kier alpha value is -2.54. The summed E-state index contributed by atoms with van der Waals surface area (Å²) in [4.78, 5) is 31.6. The molecule has 0 atom stereocenters. The monoisotopic (exact) mass is 610 g/mol. The normalized spacial score (nSPS) is 27.0. The van der Waals surface area contributed by atoms with E-state index in [0.717, 1.165) is 53.8 Å². The van der Waals surface area contributed by atoms with Crippen molar-refractivity contribution in [1.82, 2.24) is 19.6 Å². The first kappa shape index (κ1) is 27.3. The van der Waals surface area contributed by atoms with Crippen LogP contribution in [0.2, 0.25) is 15.1 Å². The largest absolute Gasteiger partial charge is 0.339 e. The zero-order valence-electron chi connectivity index (χ0n) is 23.1. The molecule has 4 aliphatic carbocycles. The minimum atomic E-state index is -0.151. The van der Waals surface area contributed by atoms with Crippen molar-refractivity contribution in [2.75, 3.05) is 26.2 Å². The van der Waals surface area contributed by atoms with Gasteiger partial charge in [0.25, 0.3) is 5.91 Å². The molecule has 2 amide bonds. The van der Waals surface area contributed by atoms with Crippen LogP contribution in [0.3, 0.4) is 0 Å². The van der Waals surface area contributed by atoms with E-state index in [9.17, 15) is 9.59 Å². The number of carbonyl (C=O) groups is 2. The molecule has 0 spiro atoms. The third-order valence-corrected chi connectivity index (χ3v) is 10.7. The topological polar surface area (TPSA) is 58.4 Å². The summed E-state index contributed by atoms with van der Waals surface area (Å²) >= 11 is 18.9. The van der Waals surface area contributed by atoms with Crippen LogP contribution in [0.5, 0.6) is 0 Å². The molecule has 4 saturated carbocycles. The van der Waals surface area contributed by atoms with E-state index in [1.54, 1.807) is 22.9 Å². The Morgan fingerprint density at radius 2 is 1.37 bits per heavy atom. The Kier molecular flexibility index (Phi) is 6.87. The van der Waals surface area contributed by atoms with Gasteiger partial charge in [-0.1, -0.05) is 46.9 Å². The van der Waals surface area contributed by atoms with Gasteiger partial charge in [-0.15, -0.1) is 0 Å². The molecule has 1 aromatic heterocycles. The number of halogens is 3. The highest BCUT2D eigenvalue weighted by molar-refractivity contribution is 6.35. The van der Waals surface area contributed by atoms with E-state index >= 15 is 0 Å². The summed E-state index contributed by atoms with van der Waals surface area (Å²) in [5.74, 6) is 2.40. The van der Waals surface area contributed by atoms with Crippen molar-refractivity contribution < 1.29 is 9.59 Å². The zero-order valence-corrected chi connectivity index (χ0v) is 25.4. The number of hydrogen-bond acceptors (Lipinski definition) is 3. The average molecular weight is 612 g/mol.